The van der Waals surface area contributed by atoms with Gasteiger partial charge < -0.3 is 24.2 Å². The Morgan fingerprint density at radius 3 is 2.51 bits per heavy atom. The molecule has 0 radical (unpaired) electrons. The largest absolute Gasteiger partial charge is 0.400 e. The molecule has 0 bridgehead atoms. The molecule has 8 nitrogen and oxygen atoms in total. The highest BCUT2D eigenvalue weighted by Gasteiger charge is 2.28. The van der Waals surface area contributed by atoms with E-state index in [0.717, 1.165) is 78.9 Å². The van der Waals surface area contributed by atoms with Crippen LogP contribution in [0.25, 0.3) is 22.0 Å². The molecular weight excluding hydrogens is 538 g/mol. The Bertz CT molecular complexity index is 1510. The van der Waals surface area contributed by atoms with Crippen LogP contribution in [-0.2, 0) is 11.8 Å². The third-order valence-electron chi connectivity index (χ3n) is 8.31. The smallest absolute Gasteiger partial charge is 0.253 e. The minimum atomic E-state index is 0.0237. The monoisotopic (exact) mass is 585 g/mol. The lowest BCUT2D eigenvalue weighted by molar-refractivity contribution is 0.0939. The van der Waals surface area contributed by atoms with Crippen LogP contribution >= 0.6 is 0 Å². The van der Waals surface area contributed by atoms with Crippen molar-refractivity contribution in [2.75, 3.05) is 49.8 Å². The zero-order valence-electron chi connectivity index (χ0n) is 26.6. The Morgan fingerprint density at radius 2 is 1.81 bits per heavy atom. The number of benzene rings is 2. The summed E-state index contributed by atoms with van der Waals surface area (Å²) in [7, 11) is 2.81. The fourth-order valence-electron chi connectivity index (χ4n) is 5.65. The zero-order valence-corrected chi connectivity index (χ0v) is 26.6. The second kappa shape index (κ2) is 15.1. The number of aliphatic hydroxyl groups is 1. The first-order chi connectivity index (χ1) is 20.9. The zero-order chi connectivity index (χ0) is 30.9. The van der Waals surface area contributed by atoms with Crippen molar-refractivity contribution in [2.45, 2.75) is 53.0 Å². The highest BCUT2D eigenvalue weighted by molar-refractivity contribution is 5.94. The van der Waals surface area contributed by atoms with E-state index in [4.69, 9.17) is 19.8 Å². The van der Waals surface area contributed by atoms with Crippen molar-refractivity contribution in [3.05, 3.63) is 82.3 Å². The molecule has 1 aliphatic heterocycles. The van der Waals surface area contributed by atoms with E-state index >= 15 is 0 Å². The van der Waals surface area contributed by atoms with Crippen molar-refractivity contribution in [1.82, 2.24) is 14.5 Å². The van der Waals surface area contributed by atoms with E-state index < -0.39 is 0 Å². The van der Waals surface area contributed by atoms with E-state index in [-0.39, 0.29) is 11.6 Å². The number of ether oxygens (including phenoxy) is 1. The van der Waals surface area contributed by atoms with Crippen molar-refractivity contribution in [1.29, 1.82) is 0 Å². The van der Waals surface area contributed by atoms with Gasteiger partial charge in [-0.15, -0.1) is 0 Å². The van der Waals surface area contributed by atoms with E-state index in [1.165, 1.54) is 12.0 Å². The van der Waals surface area contributed by atoms with E-state index in [9.17, 15) is 4.79 Å². The molecule has 230 valence electrons. The van der Waals surface area contributed by atoms with Crippen molar-refractivity contribution < 1.29 is 9.84 Å². The number of hydrogen-bond donors (Lipinski definition) is 1. The highest BCUT2D eigenvalue weighted by Crippen LogP contribution is 2.36. The molecule has 0 amide bonds. The van der Waals surface area contributed by atoms with E-state index in [0.29, 0.717) is 19.1 Å². The molecule has 1 aliphatic rings. The SMILES string of the molecule is CCCN(CCC(C)CC)c1nc(N2CCOCC2c2ccccc2)c2cc(-c3cc(C)c(=O)n(C)c3)ccc2n1.CO. The molecule has 2 atom stereocenters. The number of nitrogens with zero attached hydrogens (tertiary/aromatic N) is 5. The summed E-state index contributed by atoms with van der Waals surface area (Å²) in [5.74, 6) is 2.39. The van der Waals surface area contributed by atoms with E-state index in [1.54, 1.807) is 11.6 Å². The van der Waals surface area contributed by atoms with Crippen LogP contribution in [-0.4, -0.2) is 59.6 Å². The summed E-state index contributed by atoms with van der Waals surface area (Å²) in [4.78, 5) is 27.6. The van der Waals surface area contributed by atoms with Crippen LogP contribution in [0.1, 0.15) is 57.2 Å². The first-order valence-corrected chi connectivity index (χ1v) is 15.5. The maximum Gasteiger partial charge on any atom is 0.253 e. The van der Waals surface area contributed by atoms with Gasteiger partial charge >= 0.3 is 0 Å². The Hall–Kier alpha value is -3.75. The van der Waals surface area contributed by atoms with Crippen LogP contribution in [0.2, 0.25) is 0 Å². The third-order valence-corrected chi connectivity index (χ3v) is 8.31. The van der Waals surface area contributed by atoms with Crippen LogP contribution < -0.4 is 15.4 Å². The lowest BCUT2D eigenvalue weighted by Crippen LogP contribution is -2.40. The van der Waals surface area contributed by atoms with Gasteiger partial charge in [-0.25, -0.2) is 4.98 Å². The summed E-state index contributed by atoms with van der Waals surface area (Å²) < 4.78 is 7.65. The average Bonchev–Trinajstić information content (AvgIpc) is 3.05. The van der Waals surface area contributed by atoms with Crippen molar-refractivity contribution in [3.8, 4) is 11.1 Å². The molecule has 8 heteroatoms. The number of pyridine rings is 1. The van der Waals surface area contributed by atoms with Gasteiger partial charge in [0.25, 0.3) is 5.56 Å². The van der Waals surface area contributed by atoms with Crippen LogP contribution in [0.3, 0.4) is 0 Å². The van der Waals surface area contributed by atoms with Crippen LogP contribution in [0.4, 0.5) is 11.8 Å². The van der Waals surface area contributed by atoms with E-state index in [1.807, 2.05) is 19.2 Å². The molecule has 2 aromatic heterocycles. The highest BCUT2D eigenvalue weighted by atomic mass is 16.5. The molecule has 3 heterocycles. The molecular formula is C35H47N5O3. The molecule has 43 heavy (non-hydrogen) atoms. The molecule has 0 spiro atoms. The van der Waals surface area contributed by atoms with Crippen molar-refractivity contribution in [3.63, 3.8) is 0 Å². The summed E-state index contributed by atoms with van der Waals surface area (Å²) in [6.45, 7) is 12.5. The van der Waals surface area contributed by atoms with Crippen molar-refractivity contribution >= 4 is 22.7 Å². The molecule has 5 rings (SSSR count). The van der Waals surface area contributed by atoms with Crippen LogP contribution in [0.5, 0.6) is 0 Å². The molecule has 1 fully saturated rings. The number of aliphatic hydroxyl groups excluding tert-OH is 1. The summed E-state index contributed by atoms with van der Waals surface area (Å²) in [5.41, 5.74) is 4.94. The Labute approximate surface area is 256 Å². The molecule has 0 aliphatic carbocycles. The molecule has 1 N–H and O–H groups in total. The molecule has 4 aromatic rings. The maximum atomic E-state index is 12.4. The minimum Gasteiger partial charge on any atom is -0.400 e. The molecule has 1 saturated heterocycles. The minimum absolute atomic E-state index is 0.0237. The molecule has 2 unspecified atom stereocenters. The topological polar surface area (TPSA) is 83.7 Å². The van der Waals surface area contributed by atoms with Gasteiger partial charge in [0.05, 0.1) is 24.8 Å². The van der Waals surface area contributed by atoms with Gasteiger partial charge in [-0.3, -0.25) is 4.79 Å². The first-order valence-electron chi connectivity index (χ1n) is 15.5. The average molecular weight is 586 g/mol. The quantitative estimate of drug-likeness (QED) is 0.239. The van der Waals surface area contributed by atoms with Gasteiger partial charge in [-0.2, -0.15) is 4.98 Å². The number of anilines is 2. The number of fused-ring (bicyclic) bond motifs is 1. The number of aryl methyl sites for hydroxylation is 2. The van der Waals surface area contributed by atoms with Gasteiger partial charge in [-0.1, -0.05) is 63.6 Å². The number of rotatable bonds is 10. The first kappa shape index (κ1) is 32.2. The predicted octanol–water partition coefficient (Wildman–Crippen LogP) is 6.14. The second-order valence-electron chi connectivity index (χ2n) is 11.4. The summed E-state index contributed by atoms with van der Waals surface area (Å²) in [6.07, 6.45) is 5.23. The van der Waals surface area contributed by atoms with Gasteiger partial charge in [0.2, 0.25) is 5.95 Å². The van der Waals surface area contributed by atoms with Gasteiger partial charge in [0.15, 0.2) is 0 Å². The van der Waals surface area contributed by atoms with Crippen LogP contribution in [0, 0.1) is 12.8 Å². The summed E-state index contributed by atoms with van der Waals surface area (Å²) >= 11 is 0. The van der Waals surface area contributed by atoms with Gasteiger partial charge in [0, 0.05) is 50.9 Å². The predicted molar refractivity (Wildman–Crippen MR) is 177 cm³/mol. The Kier molecular flexibility index (Phi) is 11.3. The lowest BCUT2D eigenvalue weighted by Gasteiger charge is -2.38. The molecule has 0 saturated carbocycles. The summed E-state index contributed by atoms with van der Waals surface area (Å²) in [5, 5.41) is 8.01. The fourth-order valence-corrected chi connectivity index (χ4v) is 5.65. The number of hydrogen-bond acceptors (Lipinski definition) is 7. The Balaban J connectivity index is 0.00000207. The molecule has 2 aromatic carbocycles. The standard InChI is InChI=1S/C34H43N5O2.CH4O/c1-6-16-38(17-15-24(3)7-2)34-35-30-14-13-27(28-20-25(4)33(40)37(5)22-28)21-29(30)32(36-34)39-18-19-41-23-31(39)26-11-9-8-10-12-26;1-2/h8-14,20-22,24,31H,6-7,15-19,23H2,1-5H3;2H,1H3. The number of morpholine rings is 1. The summed E-state index contributed by atoms with van der Waals surface area (Å²) in [6, 6.07) is 19.0. The maximum absolute atomic E-state index is 12.4. The van der Waals surface area contributed by atoms with E-state index in [2.05, 4.69) is 79.1 Å². The number of aromatic nitrogens is 3. The fraction of sp³-hybridized carbons (Fsp3) is 0.457. The van der Waals surface area contributed by atoms with Crippen molar-refractivity contribution in [2.24, 2.45) is 13.0 Å². The van der Waals surface area contributed by atoms with Crippen LogP contribution in [0.15, 0.2) is 65.6 Å². The second-order valence-corrected chi connectivity index (χ2v) is 11.4. The third kappa shape index (κ3) is 7.43. The Morgan fingerprint density at radius 1 is 1.05 bits per heavy atom. The lowest BCUT2D eigenvalue weighted by atomic mass is 10.0. The van der Waals surface area contributed by atoms with Gasteiger partial charge in [-0.05, 0) is 60.6 Å². The van der Waals surface area contributed by atoms with Gasteiger partial charge in [0.1, 0.15) is 5.82 Å². The normalized spacial score (nSPS) is 15.6.